The van der Waals surface area contributed by atoms with Crippen molar-refractivity contribution in [2.45, 2.75) is 20.8 Å². The van der Waals surface area contributed by atoms with Gasteiger partial charge in [0.15, 0.2) is 5.78 Å². The standard InChI is InChI=1S/C11H12ClNO4/c1-4-17-11-8(7(3)14)5-9(12)6(2)10(11)13(15)16/h5H,4H2,1-3H3. The maximum absolute atomic E-state index is 11.4. The van der Waals surface area contributed by atoms with Crippen LogP contribution in [0, 0.1) is 17.0 Å². The SMILES string of the molecule is CCOc1c(C(C)=O)cc(Cl)c(C)c1[N+](=O)[O-]. The molecule has 0 atom stereocenters. The minimum Gasteiger partial charge on any atom is -0.487 e. The summed E-state index contributed by atoms with van der Waals surface area (Å²) in [7, 11) is 0. The summed E-state index contributed by atoms with van der Waals surface area (Å²) in [4.78, 5) is 21.8. The van der Waals surface area contributed by atoms with Crippen LogP contribution in [0.2, 0.25) is 5.02 Å². The largest absolute Gasteiger partial charge is 0.487 e. The first-order valence-corrected chi connectivity index (χ1v) is 5.39. The van der Waals surface area contributed by atoms with Crippen molar-refractivity contribution in [2.24, 2.45) is 0 Å². The third kappa shape index (κ3) is 2.55. The van der Waals surface area contributed by atoms with E-state index < -0.39 is 4.92 Å². The lowest BCUT2D eigenvalue weighted by Crippen LogP contribution is -2.06. The lowest BCUT2D eigenvalue weighted by atomic mass is 10.1. The Morgan fingerprint density at radius 3 is 2.59 bits per heavy atom. The molecule has 0 radical (unpaired) electrons. The number of nitrogens with zero attached hydrogens (tertiary/aromatic N) is 1. The van der Waals surface area contributed by atoms with Gasteiger partial charge in [0.25, 0.3) is 0 Å². The highest BCUT2D eigenvalue weighted by Crippen LogP contribution is 2.38. The van der Waals surface area contributed by atoms with Gasteiger partial charge in [-0.25, -0.2) is 0 Å². The number of Topliss-reactive ketones (excluding diaryl/α,β-unsaturated/α-hetero) is 1. The highest BCUT2D eigenvalue weighted by atomic mass is 35.5. The number of ketones is 1. The van der Waals surface area contributed by atoms with Crippen LogP contribution in [-0.4, -0.2) is 17.3 Å². The van der Waals surface area contributed by atoms with E-state index in [0.29, 0.717) is 5.56 Å². The number of halogens is 1. The summed E-state index contributed by atoms with van der Waals surface area (Å²) in [6, 6.07) is 1.40. The zero-order valence-electron chi connectivity index (χ0n) is 9.74. The lowest BCUT2D eigenvalue weighted by Gasteiger charge is -2.11. The molecule has 0 aliphatic rings. The highest BCUT2D eigenvalue weighted by Gasteiger charge is 2.26. The molecule has 1 aromatic carbocycles. The predicted octanol–water partition coefficient (Wildman–Crippen LogP) is 3.16. The van der Waals surface area contributed by atoms with Gasteiger partial charge in [0.05, 0.1) is 22.1 Å². The van der Waals surface area contributed by atoms with Crippen LogP contribution in [0.4, 0.5) is 5.69 Å². The summed E-state index contributed by atoms with van der Waals surface area (Å²) in [5, 5.41) is 11.2. The summed E-state index contributed by atoms with van der Waals surface area (Å²) in [6.07, 6.45) is 0. The molecular weight excluding hydrogens is 246 g/mol. The van der Waals surface area contributed by atoms with Crippen molar-refractivity contribution in [1.29, 1.82) is 0 Å². The Morgan fingerprint density at radius 1 is 1.59 bits per heavy atom. The molecule has 1 rings (SSSR count). The van der Waals surface area contributed by atoms with Gasteiger partial charge in [0.1, 0.15) is 0 Å². The number of carbonyl (C=O) groups is 1. The molecule has 0 aromatic heterocycles. The molecule has 0 unspecified atom stereocenters. The zero-order chi connectivity index (χ0) is 13.2. The molecular formula is C11H12ClNO4. The molecule has 0 N–H and O–H groups in total. The summed E-state index contributed by atoms with van der Waals surface area (Å²) < 4.78 is 5.21. The summed E-state index contributed by atoms with van der Waals surface area (Å²) in [5.74, 6) is -0.328. The van der Waals surface area contributed by atoms with E-state index in [0.717, 1.165) is 0 Å². The average Bonchev–Trinajstić information content (AvgIpc) is 2.22. The van der Waals surface area contributed by atoms with Gasteiger partial charge < -0.3 is 4.74 Å². The molecule has 5 nitrogen and oxygen atoms in total. The molecule has 0 fully saturated rings. The number of carbonyl (C=O) groups excluding carboxylic acids is 1. The maximum Gasteiger partial charge on any atom is 0.316 e. The molecule has 0 aliphatic carbocycles. The second-order valence-electron chi connectivity index (χ2n) is 3.45. The van der Waals surface area contributed by atoms with E-state index in [-0.39, 0.29) is 34.4 Å². The summed E-state index contributed by atoms with van der Waals surface area (Å²) >= 11 is 5.87. The van der Waals surface area contributed by atoms with E-state index in [1.54, 1.807) is 6.92 Å². The summed E-state index contributed by atoms with van der Waals surface area (Å²) in [5.41, 5.74) is 0.184. The quantitative estimate of drug-likeness (QED) is 0.472. The molecule has 0 heterocycles. The predicted molar refractivity (Wildman–Crippen MR) is 64.0 cm³/mol. The van der Waals surface area contributed by atoms with Gasteiger partial charge in [-0.1, -0.05) is 11.6 Å². The number of rotatable bonds is 4. The van der Waals surface area contributed by atoms with Crippen LogP contribution in [0.15, 0.2) is 6.07 Å². The first kappa shape index (κ1) is 13.4. The minimum atomic E-state index is -0.585. The van der Waals surface area contributed by atoms with Crippen LogP contribution < -0.4 is 4.74 Å². The van der Waals surface area contributed by atoms with Crippen LogP contribution in [0.25, 0.3) is 0 Å². The van der Waals surface area contributed by atoms with Gasteiger partial charge in [0.2, 0.25) is 5.75 Å². The maximum atomic E-state index is 11.4. The third-order valence-corrected chi connectivity index (χ3v) is 2.69. The Hall–Kier alpha value is -1.62. The van der Waals surface area contributed by atoms with Crippen LogP contribution in [0.3, 0.4) is 0 Å². The van der Waals surface area contributed by atoms with Crippen LogP contribution in [-0.2, 0) is 0 Å². The molecule has 0 saturated carbocycles. The van der Waals surface area contributed by atoms with Crippen LogP contribution in [0.5, 0.6) is 5.75 Å². The normalized spacial score (nSPS) is 10.1. The Bertz CT molecular complexity index is 485. The Morgan fingerprint density at radius 2 is 2.18 bits per heavy atom. The number of hydrogen-bond acceptors (Lipinski definition) is 4. The third-order valence-electron chi connectivity index (χ3n) is 2.29. The Balaban J connectivity index is 3.63. The topological polar surface area (TPSA) is 69.4 Å². The number of nitro benzene ring substituents is 1. The van der Waals surface area contributed by atoms with Crippen molar-refractivity contribution in [3.05, 3.63) is 32.3 Å². The molecule has 0 bridgehead atoms. The monoisotopic (exact) mass is 257 g/mol. The fourth-order valence-electron chi connectivity index (χ4n) is 1.48. The lowest BCUT2D eigenvalue weighted by molar-refractivity contribution is -0.386. The van der Waals surface area contributed by atoms with Gasteiger partial charge in [0, 0.05) is 5.56 Å². The number of hydrogen-bond donors (Lipinski definition) is 0. The van der Waals surface area contributed by atoms with Crippen molar-refractivity contribution in [1.82, 2.24) is 0 Å². The molecule has 1 aromatic rings. The molecule has 0 spiro atoms. The summed E-state index contributed by atoms with van der Waals surface area (Å²) in [6.45, 7) is 4.76. The van der Waals surface area contributed by atoms with Crippen molar-refractivity contribution in [2.75, 3.05) is 6.61 Å². The zero-order valence-corrected chi connectivity index (χ0v) is 10.5. The van der Waals surface area contributed by atoms with Crippen molar-refractivity contribution >= 4 is 23.1 Å². The highest BCUT2D eigenvalue weighted by molar-refractivity contribution is 6.32. The van der Waals surface area contributed by atoms with Gasteiger partial charge in [-0.05, 0) is 26.8 Å². The van der Waals surface area contributed by atoms with Gasteiger partial charge in [-0.15, -0.1) is 0 Å². The fourth-order valence-corrected chi connectivity index (χ4v) is 1.68. The molecule has 0 saturated heterocycles. The number of benzene rings is 1. The Labute approximate surface area is 103 Å². The van der Waals surface area contributed by atoms with E-state index in [1.807, 2.05) is 0 Å². The van der Waals surface area contributed by atoms with Gasteiger partial charge in [-0.2, -0.15) is 0 Å². The number of ether oxygens (including phenoxy) is 1. The van der Waals surface area contributed by atoms with E-state index in [1.165, 1.54) is 19.9 Å². The second-order valence-corrected chi connectivity index (χ2v) is 3.86. The number of nitro groups is 1. The first-order valence-electron chi connectivity index (χ1n) is 5.01. The molecule has 0 amide bonds. The molecule has 0 aliphatic heterocycles. The Kier molecular flexibility index (Phi) is 4.07. The molecule has 92 valence electrons. The van der Waals surface area contributed by atoms with Gasteiger partial charge in [-0.3, -0.25) is 14.9 Å². The van der Waals surface area contributed by atoms with Crippen molar-refractivity contribution in [3.8, 4) is 5.75 Å². The van der Waals surface area contributed by atoms with Crippen molar-refractivity contribution in [3.63, 3.8) is 0 Å². The van der Waals surface area contributed by atoms with Crippen molar-refractivity contribution < 1.29 is 14.5 Å². The molecule has 6 heteroatoms. The van der Waals surface area contributed by atoms with E-state index >= 15 is 0 Å². The second kappa shape index (κ2) is 5.14. The van der Waals surface area contributed by atoms with Gasteiger partial charge >= 0.3 is 5.69 Å². The minimum absolute atomic E-state index is 0.00750. The van der Waals surface area contributed by atoms with E-state index in [9.17, 15) is 14.9 Å². The fraction of sp³-hybridized carbons (Fsp3) is 0.364. The smallest absolute Gasteiger partial charge is 0.316 e. The van der Waals surface area contributed by atoms with Crippen LogP contribution >= 0.6 is 11.6 Å². The van der Waals surface area contributed by atoms with Crippen LogP contribution in [0.1, 0.15) is 29.8 Å². The average molecular weight is 258 g/mol. The first-order chi connectivity index (χ1) is 7.90. The molecule has 17 heavy (non-hydrogen) atoms. The van der Waals surface area contributed by atoms with E-state index in [4.69, 9.17) is 16.3 Å². The van der Waals surface area contributed by atoms with E-state index in [2.05, 4.69) is 0 Å².